The first-order chi connectivity index (χ1) is 18.7. The summed E-state index contributed by atoms with van der Waals surface area (Å²) in [6, 6.07) is 20.6. The number of amides is 2. The summed E-state index contributed by atoms with van der Waals surface area (Å²) in [4.78, 5) is 35.0. The molecule has 0 unspecified atom stereocenters. The van der Waals surface area contributed by atoms with E-state index in [4.69, 9.17) is 9.47 Å². The predicted molar refractivity (Wildman–Crippen MR) is 145 cm³/mol. The Morgan fingerprint density at radius 3 is 2.55 bits per heavy atom. The van der Waals surface area contributed by atoms with Gasteiger partial charge in [0.15, 0.2) is 0 Å². The van der Waals surface area contributed by atoms with E-state index in [-0.39, 0.29) is 11.8 Å². The largest absolute Gasteiger partial charge is 0.487 e. The molecule has 2 fully saturated rings. The van der Waals surface area contributed by atoms with E-state index < -0.39 is 6.04 Å². The van der Waals surface area contributed by atoms with Crippen LogP contribution in [0.2, 0.25) is 0 Å². The van der Waals surface area contributed by atoms with Gasteiger partial charge >= 0.3 is 0 Å². The summed E-state index contributed by atoms with van der Waals surface area (Å²) in [6.07, 6.45) is 4.20. The Labute approximate surface area is 223 Å². The van der Waals surface area contributed by atoms with Crippen LogP contribution in [0.1, 0.15) is 40.9 Å². The predicted octanol–water partition coefficient (Wildman–Crippen LogP) is 3.81. The number of hydrogen-bond donors (Lipinski definition) is 1. The van der Waals surface area contributed by atoms with Crippen molar-refractivity contribution in [2.24, 2.45) is 0 Å². The number of morpholine rings is 1. The molecule has 2 aliphatic heterocycles. The summed E-state index contributed by atoms with van der Waals surface area (Å²) < 4.78 is 11.3. The smallest absolute Gasteiger partial charge is 0.254 e. The molecule has 8 heteroatoms. The molecule has 2 aliphatic rings. The van der Waals surface area contributed by atoms with Crippen LogP contribution in [0.25, 0.3) is 0 Å². The van der Waals surface area contributed by atoms with E-state index in [2.05, 4.69) is 15.2 Å². The Hall–Kier alpha value is -3.91. The first-order valence-corrected chi connectivity index (χ1v) is 13.3. The second-order valence-corrected chi connectivity index (χ2v) is 9.64. The molecule has 38 heavy (non-hydrogen) atoms. The minimum absolute atomic E-state index is 0.0869. The summed E-state index contributed by atoms with van der Waals surface area (Å²) in [7, 11) is 0. The molecule has 5 rings (SSSR count). The van der Waals surface area contributed by atoms with Gasteiger partial charge in [-0.25, -0.2) is 0 Å². The van der Waals surface area contributed by atoms with E-state index in [1.165, 1.54) is 0 Å². The van der Waals surface area contributed by atoms with E-state index in [0.717, 1.165) is 48.6 Å². The highest BCUT2D eigenvalue weighted by atomic mass is 16.5. The zero-order chi connectivity index (χ0) is 26.2. The van der Waals surface area contributed by atoms with E-state index in [1.807, 2.05) is 66.7 Å². The Balaban J connectivity index is 1.31. The van der Waals surface area contributed by atoms with Crippen molar-refractivity contribution in [3.8, 4) is 5.75 Å². The number of carbonyl (C=O) groups is 2. The van der Waals surface area contributed by atoms with E-state index in [9.17, 15) is 9.59 Å². The molecule has 0 radical (unpaired) electrons. The molecular weight excluding hydrogens is 480 g/mol. The van der Waals surface area contributed by atoms with Gasteiger partial charge in [0.05, 0.1) is 18.9 Å². The Morgan fingerprint density at radius 2 is 1.82 bits per heavy atom. The van der Waals surface area contributed by atoms with Gasteiger partial charge in [-0.05, 0) is 73.4 Å². The van der Waals surface area contributed by atoms with E-state index >= 15 is 0 Å². The van der Waals surface area contributed by atoms with Crippen LogP contribution in [-0.2, 0) is 22.7 Å². The van der Waals surface area contributed by atoms with Crippen molar-refractivity contribution < 1.29 is 19.1 Å². The molecule has 0 spiro atoms. The average Bonchev–Trinajstić information content (AvgIpc) is 3.20. The number of pyridine rings is 1. The number of aromatic nitrogens is 1. The van der Waals surface area contributed by atoms with Crippen LogP contribution in [0.3, 0.4) is 0 Å². The highest BCUT2D eigenvalue weighted by Gasteiger charge is 2.31. The molecule has 2 saturated heterocycles. The number of rotatable bonds is 8. The topological polar surface area (TPSA) is 84.0 Å². The number of benzene rings is 2. The average molecular weight is 515 g/mol. The maximum Gasteiger partial charge on any atom is 0.254 e. The lowest BCUT2D eigenvalue weighted by Gasteiger charge is -2.31. The van der Waals surface area contributed by atoms with Gasteiger partial charge in [0.1, 0.15) is 18.4 Å². The number of anilines is 1. The lowest BCUT2D eigenvalue weighted by molar-refractivity contribution is -0.125. The van der Waals surface area contributed by atoms with Crippen molar-refractivity contribution >= 4 is 17.5 Å². The fraction of sp³-hybridized carbons (Fsp3) is 0.367. The fourth-order valence-corrected chi connectivity index (χ4v) is 4.87. The molecule has 2 aromatic carbocycles. The van der Waals surface area contributed by atoms with Crippen LogP contribution in [0.4, 0.5) is 5.69 Å². The Morgan fingerprint density at radius 1 is 1.03 bits per heavy atom. The first kappa shape index (κ1) is 25.7. The minimum atomic E-state index is -0.510. The minimum Gasteiger partial charge on any atom is -0.487 e. The zero-order valence-corrected chi connectivity index (χ0v) is 21.6. The third-order valence-corrected chi connectivity index (χ3v) is 7.02. The van der Waals surface area contributed by atoms with Crippen LogP contribution in [0, 0.1) is 0 Å². The monoisotopic (exact) mass is 514 g/mol. The molecule has 198 valence electrons. The van der Waals surface area contributed by atoms with Crippen molar-refractivity contribution in [2.45, 2.75) is 38.5 Å². The molecule has 8 nitrogen and oxygen atoms in total. The Kier molecular flexibility index (Phi) is 8.50. The molecule has 1 aromatic heterocycles. The molecule has 0 saturated carbocycles. The van der Waals surface area contributed by atoms with Crippen LogP contribution in [0.5, 0.6) is 5.75 Å². The second kappa shape index (κ2) is 12.6. The normalized spacial score (nSPS) is 17.8. The number of ether oxygens (including phenoxy) is 2. The number of nitrogens with one attached hydrogen (secondary N) is 1. The van der Waals surface area contributed by atoms with Crippen LogP contribution in [0.15, 0.2) is 72.9 Å². The van der Waals surface area contributed by atoms with Crippen LogP contribution < -0.4 is 15.0 Å². The van der Waals surface area contributed by atoms with Crippen molar-refractivity contribution in [1.29, 1.82) is 0 Å². The van der Waals surface area contributed by atoms with E-state index in [0.29, 0.717) is 44.9 Å². The molecule has 1 N–H and O–H groups in total. The van der Waals surface area contributed by atoms with Crippen molar-refractivity contribution in [2.75, 3.05) is 37.7 Å². The lowest BCUT2D eigenvalue weighted by atomic mass is 10.0. The SMILES string of the molecule is O=C1NCCCC[C@@H]1N(Cc1ccc(OCc2ccccn2)cc1)C(=O)c1ccc(N2CCOCC2)cc1. The van der Waals surface area contributed by atoms with E-state index in [1.54, 1.807) is 11.1 Å². The van der Waals surface area contributed by atoms with Gasteiger partial charge in [0, 0.05) is 43.6 Å². The fourth-order valence-electron chi connectivity index (χ4n) is 4.87. The number of nitrogens with zero attached hydrogens (tertiary/aromatic N) is 3. The summed E-state index contributed by atoms with van der Waals surface area (Å²) in [5, 5.41) is 2.98. The molecule has 0 bridgehead atoms. The molecular formula is C30H34N4O4. The maximum atomic E-state index is 13.8. The number of hydrogen-bond acceptors (Lipinski definition) is 6. The number of carbonyl (C=O) groups excluding carboxylic acids is 2. The van der Waals surface area contributed by atoms with Gasteiger partial charge in [-0.3, -0.25) is 14.6 Å². The highest BCUT2D eigenvalue weighted by Crippen LogP contribution is 2.23. The second-order valence-electron chi connectivity index (χ2n) is 9.64. The first-order valence-electron chi connectivity index (χ1n) is 13.3. The van der Waals surface area contributed by atoms with Crippen LogP contribution >= 0.6 is 0 Å². The van der Waals surface area contributed by atoms with Crippen LogP contribution in [-0.4, -0.2) is 60.6 Å². The molecule has 0 aliphatic carbocycles. The van der Waals surface area contributed by atoms with Gasteiger partial charge in [0.25, 0.3) is 5.91 Å². The lowest BCUT2D eigenvalue weighted by Crippen LogP contribution is -2.48. The quantitative estimate of drug-likeness (QED) is 0.492. The standard InChI is InChI=1S/C30H34N4O4/c35-29-28(6-2-4-16-32-29)34(30(36)24-9-11-26(12-10-24)33-17-19-37-20-18-33)21-23-7-13-27(14-8-23)38-22-25-5-1-3-15-31-25/h1,3,5,7-15,28H,2,4,6,16-22H2,(H,32,35)/t28-/m0/s1. The van der Waals surface area contributed by atoms with Gasteiger partial charge in [-0.15, -0.1) is 0 Å². The zero-order valence-electron chi connectivity index (χ0n) is 21.6. The summed E-state index contributed by atoms with van der Waals surface area (Å²) >= 11 is 0. The third kappa shape index (κ3) is 6.50. The Bertz CT molecular complexity index is 1200. The van der Waals surface area contributed by atoms with Gasteiger partial charge in [0.2, 0.25) is 5.91 Å². The highest BCUT2D eigenvalue weighted by molar-refractivity contribution is 5.98. The summed E-state index contributed by atoms with van der Waals surface area (Å²) in [6.45, 7) is 4.45. The molecule has 1 atom stereocenters. The molecule has 3 heterocycles. The molecule has 3 aromatic rings. The van der Waals surface area contributed by atoms with Crippen molar-refractivity contribution in [1.82, 2.24) is 15.2 Å². The van der Waals surface area contributed by atoms with Gasteiger partial charge in [-0.1, -0.05) is 18.2 Å². The molecule has 2 amide bonds. The summed E-state index contributed by atoms with van der Waals surface area (Å²) in [5.41, 5.74) is 3.44. The maximum absolute atomic E-state index is 13.8. The van der Waals surface area contributed by atoms with Gasteiger partial charge < -0.3 is 24.6 Å². The van der Waals surface area contributed by atoms with Crippen molar-refractivity contribution in [3.05, 3.63) is 89.7 Å². The third-order valence-electron chi connectivity index (χ3n) is 7.02. The van der Waals surface area contributed by atoms with Crippen molar-refractivity contribution in [3.63, 3.8) is 0 Å². The van der Waals surface area contributed by atoms with Gasteiger partial charge in [-0.2, -0.15) is 0 Å². The summed E-state index contributed by atoms with van der Waals surface area (Å²) in [5.74, 6) is 0.496.